The largest absolute Gasteiger partial charge is 0.355 e. The van der Waals surface area contributed by atoms with Gasteiger partial charge in [-0.1, -0.05) is 24.1 Å². The lowest BCUT2D eigenvalue weighted by Crippen LogP contribution is -2.57. The molecular weight excluding hydrogens is 504 g/mol. The van der Waals surface area contributed by atoms with E-state index in [9.17, 15) is 18.4 Å². The van der Waals surface area contributed by atoms with Crippen molar-refractivity contribution in [2.45, 2.75) is 50.6 Å². The fourth-order valence-electron chi connectivity index (χ4n) is 5.66. The summed E-state index contributed by atoms with van der Waals surface area (Å²) in [5.74, 6) is -2.43. The van der Waals surface area contributed by atoms with Gasteiger partial charge in [-0.2, -0.15) is 0 Å². The third-order valence-electron chi connectivity index (χ3n) is 7.86. The minimum atomic E-state index is -0.809. The SMILES string of the molecule is CN(CCc1ccccn1)C(=O)[C@@H]1CN(C2CCCC2)CC[C@H]1NC(=O)c1cc(-c2ccc(F)cc2F)on1. The number of carbonyl (C=O) groups is 2. The van der Waals surface area contributed by atoms with Gasteiger partial charge in [0, 0.05) is 69.2 Å². The minimum Gasteiger partial charge on any atom is -0.355 e. The van der Waals surface area contributed by atoms with Crippen LogP contribution in [-0.4, -0.2) is 70.5 Å². The lowest BCUT2D eigenvalue weighted by atomic mass is 9.89. The molecule has 0 bridgehead atoms. The van der Waals surface area contributed by atoms with Crippen LogP contribution in [0, 0.1) is 17.6 Å². The first-order valence-electron chi connectivity index (χ1n) is 13.5. The van der Waals surface area contributed by atoms with E-state index in [2.05, 4.69) is 20.4 Å². The number of halogens is 2. The molecule has 2 aromatic heterocycles. The van der Waals surface area contributed by atoms with Crippen LogP contribution in [0.2, 0.25) is 0 Å². The Morgan fingerprint density at radius 1 is 1.13 bits per heavy atom. The Hall–Kier alpha value is -3.66. The molecule has 5 rings (SSSR count). The summed E-state index contributed by atoms with van der Waals surface area (Å²) in [6.45, 7) is 1.89. The van der Waals surface area contributed by atoms with Gasteiger partial charge in [0.2, 0.25) is 5.91 Å². The molecule has 1 saturated carbocycles. The summed E-state index contributed by atoms with van der Waals surface area (Å²) in [6, 6.07) is 10.2. The van der Waals surface area contributed by atoms with E-state index in [0.717, 1.165) is 37.2 Å². The van der Waals surface area contributed by atoms with Crippen molar-refractivity contribution in [3.63, 3.8) is 0 Å². The van der Waals surface area contributed by atoms with Gasteiger partial charge in [0.1, 0.15) is 11.6 Å². The molecular formula is C29H33F2N5O3. The second-order valence-corrected chi connectivity index (χ2v) is 10.4. The van der Waals surface area contributed by atoms with Crippen LogP contribution in [0.25, 0.3) is 11.3 Å². The van der Waals surface area contributed by atoms with Gasteiger partial charge < -0.3 is 14.7 Å². The van der Waals surface area contributed by atoms with Crippen molar-refractivity contribution in [2.75, 3.05) is 26.7 Å². The van der Waals surface area contributed by atoms with Gasteiger partial charge in [0.05, 0.1) is 11.5 Å². The Labute approximate surface area is 226 Å². The molecule has 3 heterocycles. The van der Waals surface area contributed by atoms with Gasteiger partial charge in [-0.15, -0.1) is 0 Å². The molecule has 39 heavy (non-hydrogen) atoms. The number of nitrogens with zero attached hydrogens (tertiary/aromatic N) is 4. The van der Waals surface area contributed by atoms with E-state index in [1.54, 1.807) is 18.1 Å². The van der Waals surface area contributed by atoms with Crippen LogP contribution in [0.15, 0.2) is 53.2 Å². The number of carbonyl (C=O) groups excluding carboxylic acids is 2. The zero-order valence-corrected chi connectivity index (χ0v) is 22.0. The maximum atomic E-state index is 14.2. The van der Waals surface area contributed by atoms with E-state index in [1.165, 1.54) is 25.0 Å². The highest BCUT2D eigenvalue weighted by atomic mass is 19.1. The lowest BCUT2D eigenvalue weighted by Gasteiger charge is -2.42. The molecule has 8 nitrogen and oxygen atoms in total. The average Bonchev–Trinajstić information content (AvgIpc) is 3.65. The van der Waals surface area contributed by atoms with E-state index in [4.69, 9.17) is 4.52 Å². The first-order chi connectivity index (χ1) is 18.9. The Morgan fingerprint density at radius 3 is 2.69 bits per heavy atom. The molecule has 1 aromatic carbocycles. The number of hydrogen-bond donors (Lipinski definition) is 1. The molecule has 0 spiro atoms. The maximum absolute atomic E-state index is 14.2. The molecule has 2 atom stereocenters. The van der Waals surface area contributed by atoms with Gasteiger partial charge in [-0.25, -0.2) is 8.78 Å². The topological polar surface area (TPSA) is 91.6 Å². The van der Waals surface area contributed by atoms with Gasteiger partial charge in [0.25, 0.3) is 5.91 Å². The van der Waals surface area contributed by atoms with Crippen LogP contribution in [0.3, 0.4) is 0 Å². The van der Waals surface area contributed by atoms with Gasteiger partial charge in [0.15, 0.2) is 11.5 Å². The minimum absolute atomic E-state index is 0.00964. The highest BCUT2D eigenvalue weighted by molar-refractivity contribution is 5.94. The first-order valence-corrected chi connectivity index (χ1v) is 13.5. The zero-order valence-electron chi connectivity index (χ0n) is 22.0. The summed E-state index contributed by atoms with van der Waals surface area (Å²) in [5.41, 5.74) is 0.898. The van der Waals surface area contributed by atoms with Crippen LogP contribution in [0.5, 0.6) is 0 Å². The van der Waals surface area contributed by atoms with Gasteiger partial charge in [-0.3, -0.25) is 19.5 Å². The Bertz CT molecular complexity index is 1300. The Kier molecular flexibility index (Phi) is 8.30. The molecule has 2 fully saturated rings. The van der Waals surface area contributed by atoms with Crippen molar-refractivity contribution in [1.82, 2.24) is 25.3 Å². The number of hydrogen-bond acceptors (Lipinski definition) is 6. The highest BCUT2D eigenvalue weighted by Crippen LogP contribution is 2.29. The summed E-state index contributed by atoms with van der Waals surface area (Å²) in [6.07, 6.45) is 7.68. The van der Waals surface area contributed by atoms with Crippen LogP contribution in [0.4, 0.5) is 8.78 Å². The molecule has 206 valence electrons. The number of amides is 2. The van der Waals surface area contributed by atoms with Gasteiger partial charge in [-0.05, 0) is 43.5 Å². The van der Waals surface area contributed by atoms with Crippen molar-refractivity contribution >= 4 is 11.8 Å². The second kappa shape index (κ2) is 12.0. The summed E-state index contributed by atoms with van der Waals surface area (Å²) in [7, 11) is 1.79. The summed E-state index contributed by atoms with van der Waals surface area (Å²) in [4.78, 5) is 35.3. The molecule has 3 aromatic rings. The molecule has 1 saturated heterocycles. The van der Waals surface area contributed by atoms with Crippen LogP contribution in [0.1, 0.15) is 48.3 Å². The van der Waals surface area contributed by atoms with Gasteiger partial charge >= 0.3 is 0 Å². The standard InChI is InChI=1S/C29H33F2N5O3/c1-35(14-11-20-6-4-5-13-32-20)29(38)23-18-36(21-7-2-3-8-21)15-12-25(23)33-28(37)26-17-27(39-34-26)22-10-9-19(30)16-24(22)31/h4-6,9-10,13,16-17,21,23,25H,2-3,7-8,11-12,14-15,18H2,1H3,(H,33,37)/t23-,25-/m1/s1. The van der Waals surface area contributed by atoms with Crippen LogP contribution in [-0.2, 0) is 11.2 Å². The third-order valence-corrected chi connectivity index (χ3v) is 7.86. The number of pyridine rings is 1. The molecule has 0 radical (unpaired) electrons. The number of nitrogens with one attached hydrogen (secondary N) is 1. The molecule has 0 unspecified atom stereocenters. The monoisotopic (exact) mass is 537 g/mol. The Balaban J connectivity index is 1.29. The molecule has 1 aliphatic heterocycles. The predicted octanol–water partition coefficient (Wildman–Crippen LogP) is 4.08. The molecule has 10 heteroatoms. The van der Waals surface area contributed by atoms with E-state index in [-0.39, 0.29) is 29.0 Å². The second-order valence-electron chi connectivity index (χ2n) is 10.4. The summed E-state index contributed by atoms with van der Waals surface area (Å²) in [5, 5.41) is 6.80. The molecule has 2 amide bonds. The fourth-order valence-corrected chi connectivity index (χ4v) is 5.66. The van der Waals surface area contributed by atoms with E-state index in [0.29, 0.717) is 32.0 Å². The van der Waals surface area contributed by atoms with Crippen LogP contribution >= 0.6 is 0 Å². The van der Waals surface area contributed by atoms with E-state index >= 15 is 0 Å². The number of rotatable bonds is 8. The first kappa shape index (κ1) is 26.9. The van der Waals surface area contributed by atoms with E-state index in [1.807, 2.05) is 18.2 Å². The lowest BCUT2D eigenvalue weighted by molar-refractivity contribution is -0.137. The molecule has 1 N–H and O–H groups in total. The third kappa shape index (κ3) is 6.33. The highest BCUT2D eigenvalue weighted by Gasteiger charge is 2.39. The smallest absolute Gasteiger partial charge is 0.273 e. The number of aromatic nitrogens is 2. The number of benzene rings is 1. The summed E-state index contributed by atoms with van der Waals surface area (Å²) >= 11 is 0. The van der Waals surface area contributed by atoms with Crippen molar-refractivity contribution in [3.05, 3.63) is 71.7 Å². The van der Waals surface area contributed by atoms with Crippen molar-refractivity contribution in [1.29, 1.82) is 0 Å². The number of piperidine rings is 1. The predicted molar refractivity (Wildman–Crippen MR) is 141 cm³/mol. The number of likely N-dealkylation sites (tertiary alicyclic amines) is 1. The molecule has 2 aliphatic rings. The zero-order chi connectivity index (χ0) is 27.4. The summed E-state index contributed by atoms with van der Waals surface area (Å²) < 4.78 is 32.7. The Morgan fingerprint density at radius 2 is 1.95 bits per heavy atom. The normalized spacial score (nSPS) is 20.2. The van der Waals surface area contributed by atoms with Crippen molar-refractivity contribution in [2.24, 2.45) is 5.92 Å². The molecule has 1 aliphatic carbocycles. The quantitative estimate of drug-likeness (QED) is 0.466. The average molecular weight is 538 g/mol. The van der Waals surface area contributed by atoms with Crippen LogP contribution < -0.4 is 5.32 Å². The van der Waals surface area contributed by atoms with E-state index < -0.39 is 23.5 Å². The van der Waals surface area contributed by atoms with Crippen molar-refractivity contribution in [3.8, 4) is 11.3 Å². The maximum Gasteiger partial charge on any atom is 0.273 e. The number of likely N-dealkylation sites (N-methyl/N-ethyl adjacent to an activating group) is 1. The fraction of sp³-hybridized carbons (Fsp3) is 0.448. The van der Waals surface area contributed by atoms with Crippen molar-refractivity contribution < 1.29 is 22.9 Å².